The van der Waals surface area contributed by atoms with Gasteiger partial charge in [0.1, 0.15) is 5.65 Å². The molecular formula is C16H12N4. The molecular weight excluding hydrogens is 248 g/mol. The molecule has 0 unspecified atom stereocenters. The third-order valence-corrected chi connectivity index (χ3v) is 3.27. The molecule has 0 radical (unpaired) electrons. The zero-order valence-corrected chi connectivity index (χ0v) is 10.7. The Morgan fingerprint density at radius 3 is 2.55 bits per heavy atom. The Balaban J connectivity index is 1.84. The largest absolute Gasteiger partial charge is 0.304 e. The van der Waals surface area contributed by atoms with Gasteiger partial charge in [0, 0.05) is 30.4 Å². The number of hydrogen-bond donors (Lipinski definition) is 0. The lowest BCUT2D eigenvalue weighted by Crippen LogP contribution is -1.96. The normalized spacial score (nSPS) is 11.0. The molecule has 0 aliphatic rings. The highest BCUT2D eigenvalue weighted by Gasteiger charge is 2.05. The number of hydrogen-bond acceptors (Lipinski definition) is 2. The van der Waals surface area contributed by atoms with Crippen molar-refractivity contribution in [1.82, 2.24) is 19.2 Å². The number of aromatic nitrogens is 4. The summed E-state index contributed by atoms with van der Waals surface area (Å²) in [5, 5.41) is 4.24. The zero-order valence-electron chi connectivity index (χ0n) is 10.7. The minimum Gasteiger partial charge on any atom is -0.304 e. The van der Waals surface area contributed by atoms with Gasteiger partial charge in [-0.15, -0.1) is 0 Å². The number of rotatable bonds is 2. The number of nitrogens with zero attached hydrogens (tertiary/aromatic N) is 4. The molecule has 20 heavy (non-hydrogen) atoms. The number of imidazole rings is 1. The van der Waals surface area contributed by atoms with Gasteiger partial charge in [0.2, 0.25) is 0 Å². The van der Waals surface area contributed by atoms with Crippen molar-refractivity contribution in [3.8, 4) is 16.9 Å². The van der Waals surface area contributed by atoms with Gasteiger partial charge in [-0.1, -0.05) is 30.3 Å². The molecule has 3 aromatic heterocycles. The summed E-state index contributed by atoms with van der Waals surface area (Å²) in [7, 11) is 0. The first-order chi connectivity index (χ1) is 9.90. The molecule has 0 N–H and O–H groups in total. The Hall–Kier alpha value is -2.88. The summed E-state index contributed by atoms with van der Waals surface area (Å²) >= 11 is 0. The smallest absolute Gasteiger partial charge is 0.137 e. The van der Waals surface area contributed by atoms with E-state index in [0.29, 0.717) is 0 Å². The first kappa shape index (κ1) is 11.0. The fourth-order valence-electron chi connectivity index (χ4n) is 2.29. The van der Waals surface area contributed by atoms with Gasteiger partial charge in [-0.25, -0.2) is 9.67 Å². The van der Waals surface area contributed by atoms with E-state index in [9.17, 15) is 0 Å². The van der Waals surface area contributed by atoms with Crippen LogP contribution in [0, 0.1) is 0 Å². The molecule has 0 spiro atoms. The lowest BCUT2D eigenvalue weighted by atomic mass is 10.2. The summed E-state index contributed by atoms with van der Waals surface area (Å²) in [5.74, 6) is 0. The Morgan fingerprint density at radius 2 is 1.75 bits per heavy atom. The van der Waals surface area contributed by atoms with Gasteiger partial charge in [0.05, 0.1) is 11.4 Å². The van der Waals surface area contributed by atoms with Gasteiger partial charge in [0.25, 0.3) is 0 Å². The zero-order chi connectivity index (χ0) is 13.4. The molecule has 0 fully saturated rings. The molecule has 4 nitrogen and oxygen atoms in total. The van der Waals surface area contributed by atoms with Gasteiger partial charge in [0.15, 0.2) is 0 Å². The predicted molar refractivity (Wildman–Crippen MR) is 77.8 cm³/mol. The van der Waals surface area contributed by atoms with Crippen molar-refractivity contribution in [3.05, 3.63) is 73.3 Å². The molecule has 4 aromatic rings. The molecule has 0 bridgehead atoms. The molecule has 0 atom stereocenters. The first-order valence-corrected chi connectivity index (χ1v) is 6.44. The Labute approximate surface area is 115 Å². The Morgan fingerprint density at radius 1 is 0.850 bits per heavy atom. The lowest BCUT2D eigenvalue weighted by molar-refractivity contribution is 0.870. The van der Waals surface area contributed by atoms with Crippen molar-refractivity contribution in [2.45, 2.75) is 0 Å². The molecule has 0 saturated carbocycles. The molecule has 0 amide bonds. The summed E-state index contributed by atoms with van der Waals surface area (Å²) in [6, 6.07) is 16.1. The minimum atomic E-state index is 0.930. The topological polar surface area (TPSA) is 35.1 Å². The van der Waals surface area contributed by atoms with E-state index in [2.05, 4.69) is 22.2 Å². The van der Waals surface area contributed by atoms with Crippen LogP contribution in [0.5, 0.6) is 0 Å². The summed E-state index contributed by atoms with van der Waals surface area (Å²) in [4.78, 5) is 4.64. The maximum Gasteiger partial charge on any atom is 0.137 e. The molecule has 0 aliphatic heterocycles. The summed E-state index contributed by atoms with van der Waals surface area (Å²) in [5.41, 5.74) is 4.04. The number of fused-ring (bicyclic) bond motifs is 1. The summed E-state index contributed by atoms with van der Waals surface area (Å²) < 4.78 is 3.86. The van der Waals surface area contributed by atoms with Crippen LogP contribution in [-0.4, -0.2) is 19.2 Å². The molecule has 3 heterocycles. The quantitative estimate of drug-likeness (QED) is 0.555. The first-order valence-electron chi connectivity index (χ1n) is 6.44. The van der Waals surface area contributed by atoms with Crippen LogP contribution in [0.15, 0.2) is 73.3 Å². The van der Waals surface area contributed by atoms with Crippen LogP contribution >= 0.6 is 0 Å². The highest BCUT2D eigenvalue weighted by molar-refractivity contribution is 5.62. The van der Waals surface area contributed by atoms with E-state index >= 15 is 0 Å². The average molecular weight is 260 g/mol. The van der Waals surface area contributed by atoms with Crippen molar-refractivity contribution < 1.29 is 0 Å². The van der Waals surface area contributed by atoms with Crippen LogP contribution < -0.4 is 0 Å². The second-order valence-corrected chi connectivity index (χ2v) is 4.60. The molecule has 0 aliphatic carbocycles. The average Bonchev–Trinajstić information content (AvgIpc) is 3.16. The van der Waals surface area contributed by atoms with E-state index in [1.54, 1.807) is 6.20 Å². The van der Waals surface area contributed by atoms with Gasteiger partial charge in [-0.2, -0.15) is 5.10 Å². The van der Waals surface area contributed by atoms with E-state index < -0.39 is 0 Å². The maximum absolute atomic E-state index is 4.64. The minimum absolute atomic E-state index is 0.930. The SMILES string of the molecule is c1ccc(-c2cn3cc(-n4cccn4)ccc3n2)cc1. The van der Waals surface area contributed by atoms with E-state index in [0.717, 1.165) is 22.6 Å². The van der Waals surface area contributed by atoms with Crippen LogP contribution in [0.1, 0.15) is 0 Å². The highest BCUT2D eigenvalue weighted by Crippen LogP contribution is 2.19. The molecule has 4 heteroatoms. The molecule has 96 valence electrons. The van der Waals surface area contributed by atoms with Crippen molar-refractivity contribution in [2.24, 2.45) is 0 Å². The van der Waals surface area contributed by atoms with Gasteiger partial charge in [-0.3, -0.25) is 0 Å². The van der Waals surface area contributed by atoms with E-state index in [-0.39, 0.29) is 0 Å². The third kappa shape index (κ3) is 1.78. The van der Waals surface area contributed by atoms with Gasteiger partial charge >= 0.3 is 0 Å². The van der Waals surface area contributed by atoms with Crippen molar-refractivity contribution in [2.75, 3.05) is 0 Å². The molecule has 4 rings (SSSR count). The van der Waals surface area contributed by atoms with Crippen molar-refractivity contribution in [1.29, 1.82) is 0 Å². The monoisotopic (exact) mass is 260 g/mol. The van der Waals surface area contributed by atoms with Crippen molar-refractivity contribution >= 4 is 5.65 Å². The number of pyridine rings is 1. The fourth-order valence-corrected chi connectivity index (χ4v) is 2.29. The van der Waals surface area contributed by atoms with Crippen LogP contribution in [-0.2, 0) is 0 Å². The van der Waals surface area contributed by atoms with Gasteiger partial charge in [-0.05, 0) is 18.2 Å². The fraction of sp³-hybridized carbons (Fsp3) is 0. The summed E-state index contributed by atoms with van der Waals surface area (Å²) in [6.45, 7) is 0. The highest BCUT2D eigenvalue weighted by atomic mass is 15.3. The Kier molecular flexibility index (Phi) is 2.39. The van der Waals surface area contributed by atoms with Crippen LogP contribution in [0.4, 0.5) is 0 Å². The third-order valence-electron chi connectivity index (χ3n) is 3.27. The number of benzene rings is 1. The predicted octanol–water partition coefficient (Wildman–Crippen LogP) is 3.19. The lowest BCUT2D eigenvalue weighted by Gasteiger charge is -2.01. The molecule has 1 aromatic carbocycles. The van der Waals surface area contributed by atoms with E-state index in [1.165, 1.54) is 0 Å². The Bertz CT molecular complexity index is 845. The second kappa shape index (κ2) is 4.35. The summed E-state index contributed by atoms with van der Waals surface area (Å²) in [6.07, 6.45) is 7.77. The van der Waals surface area contributed by atoms with Crippen LogP contribution in [0.25, 0.3) is 22.6 Å². The second-order valence-electron chi connectivity index (χ2n) is 4.60. The molecule has 0 saturated heterocycles. The van der Waals surface area contributed by atoms with E-state index in [1.807, 2.05) is 64.1 Å². The maximum atomic E-state index is 4.64. The van der Waals surface area contributed by atoms with Crippen molar-refractivity contribution in [3.63, 3.8) is 0 Å². The van der Waals surface area contributed by atoms with Crippen LogP contribution in [0.2, 0.25) is 0 Å². The van der Waals surface area contributed by atoms with E-state index in [4.69, 9.17) is 0 Å². The van der Waals surface area contributed by atoms with Gasteiger partial charge < -0.3 is 4.40 Å². The standard InChI is InChI=1S/C16H12N4/c1-2-5-13(6-3-1)15-12-19-11-14(7-8-16(19)18-15)20-10-4-9-17-20/h1-12H. The van der Waals surface area contributed by atoms with Crippen LogP contribution in [0.3, 0.4) is 0 Å².